The molecule has 2 aromatic heterocycles. The maximum absolute atomic E-state index is 12.5. The summed E-state index contributed by atoms with van der Waals surface area (Å²) in [5.74, 6) is 2.60. The van der Waals surface area contributed by atoms with E-state index < -0.39 is 0 Å². The molecule has 0 spiro atoms. The lowest BCUT2D eigenvalue weighted by Gasteiger charge is -2.18. The number of amides is 1. The van der Waals surface area contributed by atoms with Crippen LogP contribution in [0.2, 0.25) is 0 Å². The number of aryl methyl sites for hydroxylation is 1. The molecule has 2 N–H and O–H groups in total. The molecule has 136 valence electrons. The van der Waals surface area contributed by atoms with Gasteiger partial charge in [0, 0.05) is 19.0 Å². The Labute approximate surface area is 148 Å². The minimum absolute atomic E-state index is 0.0802. The zero-order valence-electron chi connectivity index (χ0n) is 15.2. The summed E-state index contributed by atoms with van der Waals surface area (Å²) in [6.45, 7) is 7.53. The molecule has 3 heterocycles. The summed E-state index contributed by atoms with van der Waals surface area (Å²) in [6.07, 6.45) is 5.99. The Morgan fingerprint density at radius 1 is 1.32 bits per heavy atom. The first-order valence-corrected chi connectivity index (χ1v) is 9.08. The van der Waals surface area contributed by atoms with E-state index in [0.717, 1.165) is 43.3 Å². The average Bonchev–Trinajstić information content (AvgIpc) is 3.25. The molecule has 0 bridgehead atoms. The highest BCUT2D eigenvalue weighted by atomic mass is 16.2. The Morgan fingerprint density at radius 2 is 2.16 bits per heavy atom. The molecule has 2 aromatic rings. The number of nitrogens with zero attached hydrogens (tertiary/aromatic N) is 5. The molecule has 25 heavy (non-hydrogen) atoms. The monoisotopic (exact) mass is 345 g/mol. The van der Waals surface area contributed by atoms with Crippen LogP contribution in [0.4, 0.5) is 5.82 Å². The number of aromatic nitrogens is 5. The highest BCUT2D eigenvalue weighted by Crippen LogP contribution is 2.17. The van der Waals surface area contributed by atoms with Gasteiger partial charge in [0.25, 0.3) is 0 Å². The van der Waals surface area contributed by atoms with Crippen molar-refractivity contribution >= 4 is 11.7 Å². The molecular weight excluding hydrogens is 318 g/mol. The number of anilines is 1. The normalized spacial score (nSPS) is 16.3. The lowest BCUT2D eigenvalue weighted by Crippen LogP contribution is -2.38. The van der Waals surface area contributed by atoms with Crippen LogP contribution in [0.15, 0.2) is 12.3 Å². The second-order valence-electron chi connectivity index (χ2n) is 6.65. The number of hydrogen-bond acceptors (Lipinski definition) is 5. The predicted octanol–water partition coefficient (Wildman–Crippen LogP) is 1.90. The van der Waals surface area contributed by atoms with Crippen LogP contribution in [0.5, 0.6) is 0 Å². The topological polar surface area (TPSA) is 89.7 Å². The Morgan fingerprint density at radius 3 is 2.96 bits per heavy atom. The molecule has 1 aliphatic rings. The van der Waals surface area contributed by atoms with Gasteiger partial charge >= 0.3 is 0 Å². The van der Waals surface area contributed by atoms with Gasteiger partial charge in [0.05, 0.1) is 24.8 Å². The van der Waals surface area contributed by atoms with Gasteiger partial charge in [-0.05, 0) is 33.1 Å². The standard InChI is InChI=1S/C17H27N7O/c1-4-12(2)24-14(8-9-19-24)20-17(25)13(3)18-11-16-22-21-15-7-5-6-10-23(15)16/h8-9,12-13,18H,4-7,10-11H2,1-3H3,(H,20,25)/t12-,13+/m1/s1. The quantitative estimate of drug-likeness (QED) is 0.800. The van der Waals surface area contributed by atoms with Gasteiger partial charge in [-0.2, -0.15) is 5.10 Å². The minimum Gasteiger partial charge on any atom is -0.314 e. The first kappa shape index (κ1) is 17.6. The number of rotatable bonds is 7. The smallest absolute Gasteiger partial charge is 0.242 e. The lowest BCUT2D eigenvalue weighted by molar-refractivity contribution is -0.117. The molecule has 1 amide bonds. The summed E-state index contributed by atoms with van der Waals surface area (Å²) in [5.41, 5.74) is 0. The summed E-state index contributed by atoms with van der Waals surface area (Å²) in [7, 11) is 0. The molecular formula is C17H27N7O. The maximum atomic E-state index is 12.5. The highest BCUT2D eigenvalue weighted by molar-refractivity contribution is 5.93. The van der Waals surface area contributed by atoms with E-state index in [0.29, 0.717) is 6.54 Å². The van der Waals surface area contributed by atoms with Crippen molar-refractivity contribution < 1.29 is 4.79 Å². The number of hydrogen-bond donors (Lipinski definition) is 2. The summed E-state index contributed by atoms with van der Waals surface area (Å²) in [4.78, 5) is 12.5. The first-order valence-electron chi connectivity index (χ1n) is 9.08. The second-order valence-corrected chi connectivity index (χ2v) is 6.65. The van der Waals surface area contributed by atoms with Crippen molar-refractivity contribution in [2.75, 3.05) is 5.32 Å². The van der Waals surface area contributed by atoms with Gasteiger partial charge in [-0.15, -0.1) is 10.2 Å². The molecule has 0 radical (unpaired) electrons. The van der Waals surface area contributed by atoms with Crippen molar-refractivity contribution in [2.45, 2.75) is 71.6 Å². The van der Waals surface area contributed by atoms with Crippen LogP contribution >= 0.6 is 0 Å². The molecule has 0 saturated heterocycles. The van der Waals surface area contributed by atoms with Crippen molar-refractivity contribution in [3.63, 3.8) is 0 Å². The zero-order chi connectivity index (χ0) is 17.8. The summed E-state index contributed by atoms with van der Waals surface area (Å²) < 4.78 is 4.01. The fraction of sp³-hybridized carbons (Fsp3) is 0.647. The maximum Gasteiger partial charge on any atom is 0.242 e. The fourth-order valence-electron chi connectivity index (χ4n) is 3.01. The van der Waals surface area contributed by atoms with Gasteiger partial charge in [0.15, 0.2) is 0 Å². The van der Waals surface area contributed by atoms with Gasteiger partial charge in [0.1, 0.15) is 17.5 Å². The van der Waals surface area contributed by atoms with Gasteiger partial charge in [-0.3, -0.25) is 10.1 Å². The molecule has 2 atom stereocenters. The average molecular weight is 345 g/mol. The van der Waals surface area contributed by atoms with Crippen molar-refractivity contribution in [1.82, 2.24) is 29.9 Å². The fourth-order valence-corrected chi connectivity index (χ4v) is 3.01. The molecule has 8 heteroatoms. The van der Waals surface area contributed by atoms with Crippen LogP contribution in [0.3, 0.4) is 0 Å². The molecule has 0 aromatic carbocycles. The number of carbonyl (C=O) groups excluding carboxylic acids is 1. The van der Waals surface area contributed by atoms with Crippen molar-refractivity contribution in [1.29, 1.82) is 0 Å². The van der Waals surface area contributed by atoms with E-state index in [1.807, 2.05) is 17.7 Å². The molecule has 0 unspecified atom stereocenters. The van der Waals surface area contributed by atoms with E-state index in [2.05, 4.69) is 44.3 Å². The zero-order valence-corrected chi connectivity index (χ0v) is 15.2. The van der Waals surface area contributed by atoms with Gasteiger partial charge < -0.3 is 9.88 Å². The van der Waals surface area contributed by atoms with Gasteiger partial charge in [-0.1, -0.05) is 6.92 Å². The Kier molecular flexibility index (Phi) is 5.47. The highest BCUT2D eigenvalue weighted by Gasteiger charge is 2.19. The third-order valence-corrected chi connectivity index (χ3v) is 4.83. The number of nitrogens with one attached hydrogen (secondary N) is 2. The van der Waals surface area contributed by atoms with E-state index in [1.54, 1.807) is 6.20 Å². The Balaban J connectivity index is 1.56. The molecule has 8 nitrogen and oxygen atoms in total. The van der Waals surface area contributed by atoms with Gasteiger partial charge in [-0.25, -0.2) is 4.68 Å². The third kappa shape index (κ3) is 3.89. The molecule has 0 saturated carbocycles. The second kappa shape index (κ2) is 7.77. The van der Waals surface area contributed by atoms with Crippen LogP contribution in [-0.4, -0.2) is 36.5 Å². The van der Waals surface area contributed by atoms with E-state index in [4.69, 9.17) is 0 Å². The van der Waals surface area contributed by atoms with E-state index in [-0.39, 0.29) is 18.0 Å². The first-order chi connectivity index (χ1) is 12.1. The summed E-state index contributed by atoms with van der Waals surface area (Å²) in [5, 5.41) is 19.0. The molecule has 0 aliphatic carbocycles. The van der Waals surface area contributed by atoms with Crippen LogP contribution in [0.1, 0.15) is 57.7 Å². The van der Waals surface area contributed by atoms with E-state index >= 15 is 0 Å². The van der Waals surface area contributed by atoms with Crippen molar-refractivity contribution in [3.8, 4) is 0 Å². The van der Waals surface area contributed by atoms with Gasteiger partial charge in [0.2, 0.25) is 5.91 Å². The largest absolute Gasteiger partial charge is 0.314 e. The van der Waals surface area contributed by atoms with Crippen molar-refractivity contribution in [3.05, 3.63) is 23.9 Å². The van der Waals surface area contributed by atoms with Crippen LogP contribution in [0, 0.1) is 0 Å². The van der Waals surface area contributed by atoms with E-state index in [9.17, 15) is 4.79 Å². The van der Waals surface area contributed by atoms with Crippen molar-refractivity contribution in [2.24, 2.45) is 0 Å². The summed E-state index contributed by atoms with van der Waals surface area (Å²) in [6, 6.07) is 1.74. The SMILES string of the molecule is CC[C@@H](C)n1nccc1NC(=O)[C@H](C)NCc1nnc2n1CCCC2. The third-order valence-electron chi connectivity index (χ3n) is 4.83. The molecule has 0 fully saturated rings. The summed E-state index contributed by atoms with van der Waals surface area (Å²) >= 11 is 0. The Bertz CT molecular complexity index is 720. The van der Waals surface area contributed by atoms with Crippen LogP contribution in [-0.2, 0) is 24.3 Å². The van der Waals surface area contributed by atoms with Crippen LogP contribution in [0.25, 0.3) is 0 Å². The predicted molar refractivity (Wildman–Crippen MR) is 95.1 cm³/mol. The molecule has 3 rings (SSSR count). The Hall–Kier alpha value is -2.22. The van der Waals surface area contributed by atoms with Crippen LogP contribution < -0.4 is 10.6 Å². The van der Waals surface area contributed by atoms with E-state index in [1.165, 1.54) is 6.42 Å². The lowest BCUT2D eigenvalue weighted by atomic mass is 10.1. The number of fused-ring (bicyclic) bond motifs is 1. The molecule has 1 aliphatic heterocycles. The number of carbonyl (C=O) groups is 1. The minimum atomic E-state index is -0.336.